The predicted molar refractivity (Wildman–Crippen MR) is 93.6 cm³/mol. The Labute approximate surface area is 144 Å². The van der Waals surface area contributed by atoms with Gasteiger partial charge in [-0.1, -0.05) is 11.6 Å². The first kappa shape index (κ1) is 16.9. The Morgan fingerprint density at radius 2 is 2.04 bits per heavy atom. The van der Waals surface area contributed by atoms with Crippen LogP contribution in [-0.2, 0) is 6.54 Å². The van der Waals surface area contributed by atoms with E-state index in [-0.39, 0.29) is 0 Å². The van der Waals surface area contributed by atoms with Crippen LogP contribution in [0.15, 0.2) is 12.1 Å². The molecule has 0 bridgehead atoms. The van der Waals surface area contributed by atoms with Gasteiger partial charge < -0.3 is 14.8 Å². The molecule has 0 aliphatic carbocycles. The van der Waals surface area contributed by atoms with Crippen molar-refractivity contribution >= 4 is 11.6 Å². The fraction of sp³-hybridized carbons (Fsp3) is 0.667. The first-order valence-corrected chi connectivity index (χ1v) is 8.96. The second kappa shape index (κ2) is 7.29. The number of halogens is 1. The van der Waals surface area contributed by atoms with Gasteiger partial charge in [0.2, 0.25) is 0 Å². The molecule has 2 aliphatic heterocycles. The molecule has 2 heterocycles. The summed E-state index contributed by atoms with van der Waals surface area (Å²) in [5.74, 6) is 1.38. The largest absolute Gasteiger partial charge is 0.493 e. The van der Waals surface area contributed by atoms with E-state index in [0.717, 1.165) is 25.4 Å². The van der Waals surface area contributed by atoms with Crippen molar-refractivity contribution < 1.29 is 9.47 Å². The molecule has 4 nitrogen and oxygen atoms in total. The zero-order valence-corrected chi connectivity index (χ0v) is 14.9. The van der Waals surface area contributed by atoms with Gasteiger partial charge in [0.15, 0.2) is 11.5 Å². The highest BCUT2D eigenvalue weighted by molar-refractivity contribution is 6.32. The van der Waals surface area contributed by atoms with Gasteiger partial charge in [0, 0.05) is 13.1 Å². The summed E-state index contributed by atoms with van der Waals surface area (Å²) in [6.45, 7) is 8.16. The molecule has 0 saturated carbocycles. The van der Waals surface area contributed by atoms with Crippen LogP contribution in [0.2, 0.25) is 5.02 Å². The third-order valence-corrected chi connectivity index (χ3v) is 5.45. The van der Waals surface area contributed by atoms with Crippen molar-refractivity contribution in [2.24, 2.45) is 5.41 Å². The van der Waals surface area contributed by atoms with Gasteiger partial charge in [0.1, 0.15) is 0 Å². The van der Waals surface area contributed by atoms with Crippen LogP contribution >= 0.6 is 11.6 Å². The summed E-state index contributed by atoms with van der Waals surface area (Å²) in [7, 11) is 1.66. The SMILES string of the molecule is CCOc1c(Cl)cc(CN2CCC3(CCNCC3)C2)cc1OC. The molecule has 3 rings (SSSR count). The lowest BCUT2D eigenvalue weighted by atomic mass is 9.78. The maximum Gasteiger partial charge on any atom is 0.179 e. The Kier molecular flexibility index (Phi) is 5.34. The van der Waals surface area contributed by atoms with E-state index in [1.54, 1.807) is 7.11 Å². The molecule has 1 aromatic rings. The lowest BCUT2D eigenvalue weighted by Crippen LogP contribution is -2.38. The Morgan fingerprint density at radius 1 is 1.26 bits per heavy atom. The number of rotatable bonds is 5. The van der Waals surface area contributed by atoms with Gasteiger partial charge >= 0.3 is 0 Å². The van der Waals surface area contributed by atoms with Gasteiger partial charge in [0.25, 0.3) is 0 Å². The number of ether oxygens (including phenoxy) is 2. The summed E-state index contributed by atoms with van der Waals surface area (Å²) in [6.07, 6.45) is 3.92. The fourth-order valence-electron chi connectivity index (χ4n) is 3.94. The van der Waals surface area contributed by atoms with Crippen LogP contribution in [0.4, 0.5) is 0 Å². The highest BCUT2D eigenvalue weighted by atomic mass is 35.5. The maximum absolute atomic E-state index is 6.39. The second-order valence-electron chi connectivity index (χ2n) is 6.75. The average Bonchev–Trinajstić information content (AvgIpc) is 2.92. The first-order chi connectivity index (χ1) is 11.2. The molecule has 0 unspecified atom stereocenters. The van der Waals surface area contributed by atoms with E-state index >= 15 is 0 Å². The van der Waals surface area contributed by atoms with Crippen LogP contribution in [-0.4, -0.2) is 44.8 Å². The van der Waals surface area contributed by atoms with Gasteiger partial charge in [-0.3, -0.25) is 4.90 Å². The molecule has 0 atom stereocenters. The third-order valence-electron chi connectivity index (χ3n) is 5.17. The van der Waals surface area contributed by atoms with Gasteiger partial charge in [-0.25, -0.2) is 0 Å². The van der Waals surface area contributed by atoms with E-state index < -0.39 is 0 Å². The Bertz CT molecular complexity index is 544. The normalized spacial score (nSPS) is 20.8. The minimum Gasteiger partial charge on any atom is -0.493 e. The summed E-state index contributed by atoms with van der Waals surface area (Å²) < 4.78 is 11.1. The Balaban J connectivity index is 1.69. The van der Waals surface area contributed by atoms with Gasteiger partial charge in [-0.15, -0.1) is 0 Å². The molecule has 128 valence electrons. The molecule has 2 aliphatic rings. The molecule has 1 N–H and O–H groups in total. The van der Waals surface area contributed by atoms with E-state index in [2.05, 4.69) is 16.3 Å². The van der Waals surface area contributed by atoms with Crippen LogP contribution in [0.3, 0.4) is 0 Å². The van der Waals surface area contributed by atoms with Crippen molar-refractivity contribution in [3.05, 3.63) is 22.7 Å². The molecule has 5 heteroatoms. The molecule has 1 aromatic carbocycles. The van der Waals surface area contributed by atoms with Crippen LogP contribution in [0, 0.1) is 5.41 Å². The summed E-state index contributed by atoms with van der Waals surface area (Å²) >= 11 is 6.39. The summed E-state index contributed by atoms with van der Waals surface area (Å²) in [6, 6.07) is 4.08. The lowest BCUT2D eigenvalue weighted by molar-refractivity contribution is 0.194. The standard InChI is InChI=1S/C18H27ClN2O2/c1-3-23-17-15(19)10-14(11-16(17)22-2)12-21-9-6-18(13-21)4-7-20-8-5-18/h10-11,20H,3-9,12-13H2,1-2H3. The van der Waals surface area contributed by atoms with Gasteiger partial charge in [-0.05, 0) is 68.9 Å². The minimum absolute atomic E-state index is 0.532. The van der Waals surface area contributed by atoms with Crippen LogP contribution in [0.25, 0.3) is 0 Å². The maximum atomic E-state index is 6.39. The van der Waals surface area contributed by atoms with Gasteiger partial charge in [-0.2, -0.15) is 0 Å². The highest BCUT2D eigenvalue weighted by Gasteiger charge is 2.38. The van der Waals surface area contributed by atoms with E-state index in [4.69, 9.17) is 21.1 Å². The predicted octanol–water partition coefficient (Wildman–Crippen LogP) is 3.32. The number of piperidine rings is 1. The number of likely N-dealkylation sites (tertiary alicyclic amines) is 1. The molecule has 1 spiro atoms. The van der Waals surface area contributed by atoms with Crippen LogP contribution < -0.4 is 14.8 Å². The van der Waals surface area contributed by atoms with E-state index in [1.165, 1.54) is 37.9 Å². The molecule has 2 saturated heterocycles. The smallest absolute Gasteiger partial charge is 0.179 e. The molecular formula is C18H27ClN2O2. The number of benzene rings is 1. The summed E-state index contributed by atoms with van der Waals surface area (Å²) in [5, 5.41) is 4.11. The Hall–Kier alpha value is -0.970. The molecule has 0 amide bonds. The van der Waals surface area contributed by atoms with Crippen molar-refractivity contribution in [3.8, 4) is 11.5 Å². The third kappa shape index (κ3) is 3.76. The lowest BCUT2D eigenvalue weighted by Gasteiger charge is -2.34. The van der Waals surface area contributed by atoms with Crippen LogP contribution in [0.5, 0.6) is 11.5 Å². The fourth-order valence-corrected chi connectivity index (χ4v) is 4.22. The summed E-state index contributed by atoms with van der Waals surface area (Å²) in [4.78, 5) is 2.55. The molecule has 2 fully saturated rings. The van der Waals surface area contributed by atoms with E-state index in [1.807, 2.05) is 13.0 Å². The van der Waals surface area contributed by atoms with Gasteiger partial charge in [0.05, 0.1) is 18.7 Å². The second-order valence-corrected chi connectivity index (χ2v) is 7.16. The first-order valence-electron chi connectivity index (χ1n) is 8.58. The molecule has 23 heavy (non-hydrogen) atoms. The number of nitrogens with zero attached hydrogens (tertiary/aromatic N) is 1. The highest BCUT2D eigenvalue weighted by Crippen LogP contribution is 2.40. The number of hydrogen-bond acceptors (Lipinski definition) is 4. The monoisotopic (exact) mass is 338 g/mol. The zero-order valence-electron chi connectivity index (χ0n) is 14.2. The quantitative estimate of drug-likeness (QED) is 0.893. The number of methoxy groups -OCH3 is 1. The topological polar surface area (TPSA) is 33.7 Å². The van der Waals surface area contributed by atoms with Crippen molar-refractivity contribution in [2.75, 3.05) is 39.9 Å². The van der Waals surface area contributed by atoms with Crippen molar-refractivity contribution in [2.45, 2.75) is 32.7 Å². The van der Waals surface area contributed by atoms with Crippen molar-refractivity contribution in [1.82, 2.24) is 10.2 Å². The average molecular weight is 339 g/mol. The molecule has 0 radical (unpaired) electrons. The van der Waals surface area contributed by atoms with Crippen LogP contribution in [0.1, 0.15) is 31.7 Å². The number of nitrogens with one attached hydrogen (secondary N) is 1. The number of hydrogen-bond donors (Lipinski definition) is 1. The van der Waals surface area contributed by atoms with E-state index in [9.17, 15) is 0 Å². The van der Waals surface area contributed by atoms with Crippen molar-refractivity contribution in [3.63, 3.8) is 0 Å². The Morgan fingerprint density at radius 3 is 2.74 bits per heavy atom. The zero-order chi connectivity index (χ0) is 16.3. The van der Waals surface area contributed by atoms with Crippen molar-refractivity contribution in [1.29, 1.82) is 0 Å². The molecule has 0 aromatic heterocycles. The van der Waals surface area contributed by atoms with E-state index in [0.29, 0.717) is 22.8 Å². The molecular weight excluding hydrogens is 312 g/mol. The minimum atomic E-state index is 0.532. The summed E-state index contributed by atoms with van der Waals surface area (Å²) in [5.41, 5.74) is 1.73.